The van der Waals surface area contributed by atoms with E-state index in [1.807, 2.05) is 20.8 Å². The molecule has 0 saturated carbocycles. The molecule has 2 amide bonds. The van der Waals surface area contributed by atoms with Crippen LogP contribution in [-0.4, -0.2) is 65.2 Å². The summed E-state index contributed by atoms with van der Waals surface area (Å²) >= 11 is 0. The third kappa shape index (κ3) is 2.52. The lowest BCUT2D eigenvalue weighted by molar-refractivity contribution is -0.140. The third-order valence-electron chi connectivity index (χ3n) is 3.17. The molecule has 6 nitrogen and oxygen atoms in total. The largest absolute Gasteiger partial charge is 0.480 e. The lowest BCUT2D eigenvalue weighted by Gasteiger charge is -2.31. The molecule has 2 atom stereocenters. The fourth-order valence-corrected chi connectivity index (χ4v) is 2.09. The first kappa shape index (κ1) is 13.8. The molecule has 1 aliphatic heterocycles. The first-order valence-corrected chi connectivity index (χ1v) is 5.64. The van der Waals surface area contributed by atoms with Crippen LogP contribution in [0, 0.1) is 0 Å². The second-order valence-electron chi connectivity index (χ2n) is 5.35. The lowest BCUT2D eigenvalue weighted by Crippen LogP contribution is -2.51. The predicted octanol–water partition coefficient (Wildman–Crippen LogP) is 0.194. The number of amides is 2. The summed E-state index contributed by atoms with van der Waals surface area (Å²) in [5, 5.41) is 11.9. The summed E-state index contributed by atoms with van der Waals surface area (Å²) in [5.41, 5.74) is -0.295. The van der Waals surface area contributed by atoms with Crippen molar-refractivity contribution in [3.8, 4) is 0 Å². The average Bonchev–Trinajstić information content (AvgIpc) is 2.46. The van der Waals surface area contributed by atoms with Gasteiger partial charge < -0.3 is 20.2 Å². The number of carbonyl (C=O) groups is 2. The Morgan fingerprint density at radius 1 is 1.53 bits per heavy atom. The Balaban J connectivity index is 2.92. The van der Waals surface area contributed by atoms with E-state index in [0.717, 1.165) is 0 Å². The lowest BCUT2D eigenvalue weighted by atomic mass is 10.0. The Labute approximate surface area is 102 Å². The second kappa shape index (κ2) is 4.52. The van der Waals surface area contributed by atoms with Crippen LogP contribution < -0.4 is 5.32 Å². The highest BCUT2D eigenvalue weighted by molar-refractivity contribution is 5.81. The summed E-state index contributed by atoms with van der Waals surface area (Å²) in [6.45, 7) is 6.25. The molecule has 0 bridgehead atoms. The van der Waals surface area contributed by atoms with Crippen LogP contribution in [-0.2, 0) is 4.79 Å². The zero-order valence-electron chi connectivity index (χ0n) is 11.0. The topological polar surface area (TPSA) is 72.9 Å². The molecule has 0 aromatic carbocycles. The molecule has 0 aromatic rings. The first-order chi connectivity index (χ1) is 7.70. The maximum atomic E-state index is 12.0. The van der Waals surface area contributed by atoms with Crippen molar-refractivity contribution in [1.82, 2.24) is 15.1 Å². The predicted molar refractivity (Wildman–Crippen MR) is 63.9 cm³/mol. The first-order valence-electron chi connectivity index (χ1n) is 5.64. The second-order valence-corrected chi connectivity index (χ2v) is 5.35. The molecule has 1 heterocycles. The molecule has 6 heteroatoms. The highest BCUT2D eigenvalue weighted by atomic mass is 16.4. The van der Waals surface area contributed by atoms with Gasteiger partial charge in [0.05, 0.1) is 6.04 Å². The number of nitrogens with zero attached hydrogens (tertiary/aromatic N) is 2. The number of nitrogens with one attached hydrogen (secondary N) is 1. The van der Waals surface area contributed by atoms with Crippen molar-refractivity contribution in [2.45, 2.75) is 38.4 Å². The highest BCUT2D eigenvalue weighted by Crippen LogP contribution is 2.24. The van der Waals surface area contributed by atoms with Crippen LogP contribution in [0.25, 0.3) is 0 Å². The van der Waals surface area contributed by atoms with E-state index < -0.39 is 12.0 Å². The minimum absolute atomic E-state index is 0.121. The minimum atomic E-state index is -0.937. The van der Waals surface area contributed by atoms with Gasteiger partial charge in [0.25, 0.3) is 0 Å². The minimum Gasteiger partial charge on any atom is -0.480 e. The van der Waals surface area contributed by atoms with Crippen LogP contribution in [0.5, 0.6) is 0 Å². The molecule has 1 saturated heterocycles. The van der Waals surface area contributed by atoms with E-state index in [1.54, 1.807) is 19.0 Å². The summed E-state index contributed by atoms with van der Waals surface area (Å²) in [6.07, 6.45) is 0. The van der Waals surface area contributed by atoms with Crippen molar-refractivity contribution in [3.63, 3.8) is 0 Å². The molecule has 1 fully saturated rings. The maximum absolute atomic E-state index is 12.0. The molecular formula is C11H21N3O3. The quantitative estimate of drug-likeness (QED) is 0.742. The Hall–Kier alpha value is -1.30. The maximum Gasteiger partial charge on any atom is 0.322 e. The van der Waals surface area contributed by atoms with E-state index in [1.165, 1.54) is 4.90 Å². The Bertz CT molecular complexity index is 324. The SMILES string of the molecule is CNC(C(=O)O)C1CN(C(C)(C)C)C(=O)N1C. The Kier molecular flexibility index (Phi) is 3.66. The average molecular weight is 243 g/mol. The van der Waals surface area contributed by atoms with Crippen molar-refractivity contribution in [3.05, 3.63) is 0 Å². The van der Waals surface area contributed by atoms with Crippen molar-refractivity contribution in [2.24, 2.45) is 0 Å². The molecule has 2 N–H and O–H groups in total. The highest BCUT2D eigenvalue weighted by Gasteiger charge is 2.45. The summed E-state index contributed by atoms with van der Waals surface area (Å²) in [7, 11) is 3.24. The number of rotatable bonds is 3. The zero-order chi connectivity index (χ0) is 13.4. The van der Waals surface area contributed by atoms with E-state index in [2.05, 4.69) is 5.32 Å². The van der Waals surface area contributed by atoms with Crippen molar-refractivity contribution >= 4 is 12.0 Å². The van der Waals surface area contributed by atoms with Gasteiger partial charge in [-0.3, -0.25) is 4.79 Å². The molecule has 0 spiro atoms. The van der Waals surface area contributed by atoms with Gasteiger partial charge >= 0.3 is 12.0 Å². The van der Waals surface area contributed by atoms with Gasteiger partial charge in [0, 0.05) is 19.1 Å². The third-order valence-corrected chi connectivity index (χ3v) is 3.17. The van der Waals surface area contributed by atoms with Crippen molar-refractivity contribution in [1.29, 1.82) is 0 Å². The van der Waals surface area contributed by atoms with Gasteiger partial charge in [-0.05, 0) is 27.8 Å². The molecule has 1 rings (SSSR count). The summed E-state index contributed by atoms with van der Waals surface area (Å²) in [5.74, 6) is -0.937. The number of carboxylic acid groups (broad SMARTS) is 1. The number of aliphatic carboxylic acids is 1. The van der Waals surface area contributed by atoms with E-state index in [0.29, 0.717) is 6.54 Å². The van der Waals surface area contributed by atoms with Crippen molar-refractivity contribution < 1.29 is 14.7 Å². The van der Waals surface area contributed by atoms with Gasteiger partial charge in [-0.15, -0.1) is 0 Å². The van der Waals surface area contributed by atoms with Gasteiger partial charge in [0.2, 0.25) is 0 Å². The number of hydrogen-bond donors (Lipinski definition) is 2. The van der Waals surface area contributed by atoms with Gasteiger partial charge in [0.1, 0.15) is 6.04 Å². The number of hydrogen-bond acceptors (Lipinski definition) is 3. The van der Waals surface area contributed by atoms with Crippen molar-refractivity contribution in [2.75, 3.05) is 20.6 Å². The summed E-state index contributed by atoms with van der Waals surface area (Å²) < 4.78 is 0. The van der Waals surface area contributed by atoms with E-state index in [-0.39, 0.29) is 17.6 Å². The molecule has 17 heavy (non-hydrogen) atoms. The number of likely N-dealkylation sites (N-methyl/N-ethyl adjacent to an activating group) is 2. The van der Waals surface area contributed by atoms with E-state index in [4.69, 9.17) is 5.11 Å². The van der Waals surface area contributed by atoms with Crippen LogP contribution in [0.4, 0.5) is 4.79 Å². The number of carbonyl (C=O) groups excluding carboxylic acids is 1. The molecule has 2 unspecified atom stereocenters. The Morgan fingerprint density at radius 3 is 2.35 bits per heavy atom. The monoisotopic (exact) mass is 243 g/mol. The smallest absolute Gasteiger partial charge is 0.322 e. The van der Waals surface area contributed by atoms with Crippen LogP contribution in [0.3, 0.4) is 0 Å². The molecule has 0 aliphatic carbocycles. The molecule has 1 aliphatic rings. The summed E-state index contributed by atoms with van der Waals surface area (Å²) in [6, 6.07) is -1.20. The standard InChI is InChI=1S/C11H21N3O3/c1-11(2,3)14-6-7(13(5)10(14)17)8(12-4)9(15)16/h7-8,12H,6H2,1-5H3,(H,15,16). The van der Waals surface area contributed by atoms with Crippen LogP contribution in [0.1, 0.15) is 20.8 Å². The molecular weight excluding hydrogens is 222 g/mol. The number of urea groups is 1. The fourth-order valence-electron chi connectivity index (χ4n) is 2.09. The van der Waals surface area contributed by atoms with E-state index >= 15 is 0 Å². The van der Waals surface area contributed by atoms with Gasteiger partial charge in [-0.2, -0.15) is 0 Å². The van der Waals surface area contributed by atoms with Crippen LogP contribution >= 0.6 is 0 Å². The van der Waals surface area contributed by atoms with Crippen LogP contribution in [0.2, 0.25) is 0 Å². The number of carboxylic acids is 1. The Morgan fingerprint density at radius 2 is 2.06 bits per heavy atom. The van der Waals surface area contributed by atoms with Crippen LogP contribution in [0.15, 0.2) is 0 Å². The normalized spacial score (nSPS) is 23.1. The van der Waals surface area contributed by atoms with Gasteiger partial charge in [-0.1, -0.05) is 0 Å². The van der Waals surface area contributed by atoms with Gasteiger partial charge in [0.15, 0.2) is 0 Å². The summed E-state index contributed by atoms with van der Waals surface area (Å²) in [4.78, 5) is 26.3. The van der Waals surface area contributed by atoms with E-state index in [9.17, 15) is 9.59 Å². The van der Waals surface area contributed by atoms with Gasteiger partial charge in [-0.25, -0.2) is 4.79 Å². The molecule has 98 valence electrons. The molecule has 0 radical (unpaired) electrons. The fraction of sp³-hybridized carbons (Fsp3) is 0.818. The zero-order valence-corrected chi connectivity index (χ0v) is 11.0. The molecule has 0 aromatic heterocycles.